The van der Waals surface area contributed by atoms with Crippen molar-refractivity contribution in [2.75, 3.05) is 19.6 Å². The molecule has 0 atom stereocenters. The van der Waals surface area contributed by atoms with Crippen LogP contribution >= 0.6 is 11.3 Å². The third-order valence-corrected chi connectivity index (χ3v) is 5.57. The van der Waals surface area contributed by atoms with Crippen molar-refractivity contribution in [2.24, 2.45) is 5.92 Å². The van der Waals surface area contributed by atoms with Crippen LogP contribution in [0.5, 0.6) is 0 Å². The molecule has 1 aromatic carbocycles. The molecule has 1 aliphatic carbocycles. The highest BCUT2D eigenvalue weighted by Crippen LogP contribution is 2.34. The molecule has 2 aromatic rings. The fraction of sp³-hybridized carbons (Fsp3) is 0.556. The minimum absolute atomic E-state index is 0.965. The van der Waals surface area contributed by atoms with Gasteiger partial charge in [0.1, 0.15) is 0 Å². The van der Waals surface area contributed by atoms with Gasteiger partial charge in [-0.15, -0.1) is 11.3 Å². The first-order valence-electron chi connectivity index (χ1n) is 8.24. The minimum Gasteiger partial charge on any atom is -0.312 e. The first-order chi connectivity index (χ1) is 10.3. The van der Waals surface area contributed by atoms with Crippen molar-refractivity contribution < 1.29 is 0 Å². The number of hydrogen-bond acceptors (Lipinski definition) is 3. The van der Waals surface area contributed by atoms with Gasteiger partial charge in [0.05, 0.1) is 0 Å². The van der Waals surface area contributed by atoms with Gasteiger partial charge in [-0.2, -0.15) is 0 Å². The topological polar surface area (TPSA) is 15.3 Å². The van der Waals surface area contributed by atoms with E-state index in [9.17, 15) is 0 Å². The average molecular weight is 302 g/mol. The van der Waals surface area contributed by atoms with E-state index in [-0.39, 0.29) is 0 Å². The summed E-state index contributed by atoms with van der Waals surface area (Å²) in [4.78, 5) is 4.15. The molecular formula is C18H26N2S. The van der Waals surface area contributed by atoms with Crippen molar-refractivity contribution in [3.05, 3.63) is 34.7 Å². The summed E-state index contributed by atoms with van der Waals surface area (Å²) in [5, 5.41) is 4.96. The Morgan fingerprint density at radius 3 is 2.76 bits per heavy atom. The van der Waals surface area contributed by atoms with E-state index >= 15 is 0 Å². The molecule has 0 saturated heterocycles. The number of hydrogen-bond donors (Lipinski definition) is 1. The lowest BCUT2D eigenvalue weighted by molar-refractivity contribution is 0.269. The van der Waals surface area contributed by atoms with Crippen LogP contribution in [0.2, 0.25) is 0 Å². The maximum Gasteiger partial charge on any atom is 0.0349 e. The molecule has 0 unspecified atom stereocenters. The van der Waals surface area contributed by atoms with Gasteiger partial charge in [-0.3, -0.25) is 4.90 Å². The maximum absolute atomic E-state index is 3.50. The number of benzene rings is 1. The summed E-state index contributed by atoms with van der Waals surface area (Å²) in [5.41, 5.74) is 1.55. The molecule has 0 radical (unpaired) electrons. The smallest absolute Gasteiger partial charge is 0.0349 e. The van der Waals surface area contributed by atoms with Gasteiger partial charge in [0.2, 0.25) is 0 Å². The van der Waals surface area contributed by atoms with E-state index in [1.54, 1.807) is 5.56 Å². The highest BCUT2D eigenvalue weighted by molar-refractivity contribution is 7.19. The van der Waals surface area contributed by atoms with Crippen LogP contribution in [-0.2, 0) is 13.1 Å². The number of thiophene rings is 1. The zero-order chi connectivity index (χ0) is 14.7. The predicted molar refractivity (Wildman–Crippen MR) is 92.9 cm³/mol. The van der Waals surface area contributed by atoms with Crippen molar-refractivity contribution in [3.8, 4) is 0 Å². The second-order valence-corrected chi connectivity index (χ2v) is 7.19. The van der Waals surface area contributed by atoms with E-state index in [0.29, 0.717) is 0 Å². The quantitative estimate of drug-likeness (QED) is 0.784. The van der Waals surface area contributed by atoms with Crippen LogP contribution in [0.1, 0.15) is 37.1 Å². The predicted octanol–water partition coefficient (Wildman–Crippen LogP) is 4.24. The molecule has 2 nitrogen and oxygen atoms in total. The fourth-order valence-corrected chi connectivity index (χ4v) is 4.08. The van der Waals surface area contributed by atoms with E-state index in [4.69, 9.17) is 0 Å². The Bertz CT molecular complexity index is 586. The zero-order valence-corrected chi connectivity index (χ0v) is 14.0. The summed E-state index contributed by atoms with van der Waals surface area (Å²) in [5.74, 6) is 0.965. The standard InChI is InChI=1S/C18H26N2S/c1-3-19-11-18-16(13-20(4-2)12-14-9-10-14)15-7-5-6-8-17(15)21-18/h5-8,14,19H,3-4,9-13H2,1-2H3. The van der Waals surface area contributed by atoms with Gasteiger partial charge in [-0.25, -0.2) is 0 Å². The van der Waals surface area contributed by atoms with Crippen molar-refractivity contribution in [1.29, 1.82) is 0 Å². The molecule has 3 heteroatoms. The number of fused-ring (bicyclic) bond motifs is 1. The third-order valence-electron chi connectivity index (χ3n) is 4.36. The number of nitrogens with one attached hydrogen (secondary N) is 1. The van der Waals surface area contributed by atoms with Crippen LogP contribution in [-0.4, -0.2) is 24.5 Å². The van der Waals surface area contributed by atoms with Crippen LogP contribution < -0.4 is 5.32 Å². The number of rotatable bonds is 8. The summed E-state index contributed by atoms with van der Waals surface area (Å²) < 4.78 is 1.43. The van der Waals surface area contributed by atoms with Gasteiger partial charge >= 0.3 is 0 Å². The van der Waals surface area contributed by atoms with E-state index in [2.05, 4.69) is 48.3 Å². The van der Waals surface area contributed by atoms with Gasteiger partial charge in [-0.1, -0.05) is 32.0 Å². The molecule has 1 aromatic heterocycles. The summed E-state index contributed by atoms with van der Waals surface area (Å²) in [7, 11) is 0. The Balaban J connectivity index is 1.85. The minimum atomic E-state index is 0.965. The lowest BCUT2D eigenvalue weighted by Crippen LogP contribution is -2.26. The summed E-state index contributed by atoms with van der Waals surface area (Å²) >= 11 is 1.96. The molecule has 1 N–H and O–H groups in total. The Kier molecular flexibility index (Phi) is 4.94. The lowest BCUT2D eigenvalue weighted by Gasteiger charge is -2.21. The highest BCUT2D eigenvalue weighted by atomic mass is 32.1. The molecule has 0 spiro atoms. The number of nitrogens with zero attached hydrogens (tertiary/aromatic N) is 1. The lowest BCUT2D eigenvalue weighted by atomic mass is 10.1. The monoisotopic (exact) mass is 302 g/mol. The van der Waals surface area contributed by atoms with Gasteiger partial charge in [0, 0.05) is 29.2 Å². The van der Waals surface area contributed by atoms with E-state index in [1.165, 1.54) is 34.3 Å². The third kappa shape index (κ3) is 3.65. The fourth-order valence-electron chi connectivity index (χ4n) is 2.90. The van der Waals surface area contributed by atoms with Gasteiger partial charge in [0.15, 0.2) is 0 Å². The molecule has 1 aliphatic rings. The molecule has 114 valence electrons. The molecule has 0 bridgehead atoms. The Morgan fingerprint density at radius 1 is 1.24 bits per heavy atom. The van der Waals surface area contributed by atoms with Crippen LogP contribution in [0.25, 0.3) is 10.1 Å². The van der Waals surface area contributed by atoms with Crippen molar-refractivity contribution in [2.45, 2.75) is 39.8 Å². The Hall–Kier alpha value is -0.900. The molecule has 0 aliphatic heterocycles. The normalized spacial score (nSPS) is 15.2. The second-order valence-electron chi connectivity index (χ2n) is 6.05. The molecule has 1 heterocycles. The second kappa shape index (κ2) is 6.91. The SMILES string of the molecule is CCNCc1sc2ccccc2c1CN(CC)CC1CC1. The molecule has 1 fully saturated rings. The summed E-state index contributed by atoms with van der Waals surface area (Å²) in [6.45, 7) is 10.1. The van der Waals surface area contributed by atoms with Crippen LogP contribution in [0.15, 0.2) is 24.3 Å². The van der Waals surface area contributed by atoms with Crippen molar-refractivity contribution in [1.82, 2.24) is 10.2 Å². The first-order valence-corrected chi connectivity index (χ1v) is 9.05. The van der Waals surface area contributed by atoms with Gasteiger partial charge < -0.3 is 5.32 Å². The molecule has 3 rings (SSSR count). The van der Waals surface area contributed by atoms with Crippen LogP contribution in [0.4, 0.5) is 0 Å². The highest BCUT2D eigenvalue weighted by Gasteiger charge is 2.24. The Labute approximate surface area is 132 Å². The Morgan fingerprint density at radius 2 is 2.05 bits per heavy atom. The van der Waals surface area contributed by atoms with Crippen LogP contribution in [0, 0.1) is 5.92 Å². The van der Waals surface area contributed by atoms with E-state index in [0.717, 1.165) is 32.1 Å². The van der Waals surface area contributed by atoms with Crippen LogP contribution in [0.3, 0.4) is 0 Å². The zero-order valence-electron chi connectivity index (χ0n) is 13.2. The molecule has 21 heavy (non-hydrogen) atoms. The molecule has 0 amide bonds. The molecular weight excluding hydrogens is 276 g/mol. The van der Waals surface area contributed by atoms with Gasteiger partial charge in [-0.05, 0) is 48.9 Å². The maximum atomic E-state index is 3.50. The van der Waals surface area contributed by atoms with Gasteiger partial charge in [0.25, 0.3) is 0 Å². The first kappa shape index (κ1) is 15.0. The van der Waals surface area contributed by atoms with E-state index in [1.807, 2.05) is 11.3 Å². The van der Waals surface area contributed by atoms with Crippen molar-refractivity contribution >= 4 is 21.4 Å². The summed E-state index contributed by atoms with van der Waals surface area (Å²) in [6, 6.07) is 8.88. The average Bonchev–Trinajstić information content (AvgIpc) is 3.26. The largest absolute Gasteiger partial charge is 0.312 e. The van der Waals surface area contributed by atoms with E-state index < -0.39 is 0 Å². The molecule has 1 saturated carbocycles. The van der Waals surface area contributed by atoms with Crippen molar-refractivity contribution in [3.63, 3.8) is 0 Å². The summed E-state index contributed by atoms with van der Waals surface area (Å²) in [6.07, 6.45) is 2.87.